The van der Waals surface area contributed by atoms with E-state index in [1.165, 1.54) is 12.1 Å². The van der Waals surface area contributed by atoms with Crippen LogP contribution in [-0.4, -0.2) is 29.0 Å². The molecule has 1 atom stereocenters. The Morgan fingerprint density at radius 1 is 1.47 bits per heavy atom. The van der Waals surface area contributed by atoms with Crippen LogP contribution >= 0.6 is 12.2 Å². The van der Waals surface area contributed by atoms with Crippen LogP contribution in [0.1, 0.15) is 12.8 Å². The number of fused-ring (bicyclic) bond motifs is 1. The highest BCUT2D eigenvalue weighted by Crippen LogP contribution is 2.24. The number of hydrogen-bond donors (Lipinski definition) is 1. The number of rotatable bonds is 2. The molecule has 102 valence electrons. The van der Waals surface area contributed by atoms with Gasteiger partial charge in [-0.2, -0.15) is 0 Å². The SMILES string of the molecule is O=S1(=O)CCCC1Cn1c(=S)[nH]c2cc(F)ccc21. The molecule has 3 rings (SSSR count). The van der Waals surface area contributed by atoms with Crippen molar-refractivity contribution in [1.82, 2.24) is 9.55 Å². The topological polar surface area (TPSA) is 54.9 Å². The third-order valence-electron chi connectivity index (χ3n) is 3.59. The van der Waals surface area contributed by atoms with E-state index >= 15 is 0 Å². The molecule has 1 aliphatic rings. The van der Waals surface area contributed by atoms with Gasteiger partial charge in [-0.15, -0.1) is 0 Å². The summed E-state index contributed by atoms with van der Waals surface area (Å²) in [4.78, 5) is 2.91. The molecule has 0 amide bonds. The smallest absolute Gasteiger partial charge is 0.178 e. The molecule has 2 aromatic rings. The monoisotopic (exact) mass is 300 g/mol. The van der Waals surface area contributed by atoms with Crippen molar-refractivity contribution in [2.45, 2.75) is 24.6 Å². The molecule has 0 radical (unpaired) electrons. The molecule has 2 heterocycles. The first kappa shape index (κ1) is 12.8. The van der Waals surface area contributed by atoms with Crippen molar-refractivity contribution in [1.29, 1.82) is 0 Å². The number of hydrogen-bond acceptors (Lipinski definition) is 3. The highest BCUT2D eigenvalue weighted by atomic mass is 32.2. The quantitative estimate of drug-likeness (QED) is 0.867. The largest absolute Gasteiger partial charge is 0.330 e. The maximum Gasteiger partial charge on any atom is 0.178 e. The second-order valence-electron chi connectivity index (χ2n) is 4.83. The highest BCUT2D eigenvalue weighted by molar-refractivity contribution is 7.92. The lowest BCUT2D eigenvalue weighted by Gasteiger charge is -2.11. The molecule has 0 bridgehead atoms. The molecule has 1 aromatic carbocycles. The van der Waals surface area contributed by atoms with E-state index in [0.29, 0.717) is 29.7 Å². The Hall–Kier alpha value is -1.21. The normalized spacial score (nSPS) is 22.1. The Kier molecular flexibility index (Phi) is 2.98. The number of aromatic nitrogens is 2. The Balaban J connectivity index is 2.06. The van der Waals surface area contributed by atoms with Gasteiger partial charge in [0.25, 0.3) is 0 Å². The number of imidazole rings is 1. The van der Waals surface area contributed by atoms with Gasteiger partial charge in [0.2, 0.25) is 0 Å². The van der Waals surface area contributed by atoms with E-state index in [1.807, 2.05) is 0 Å². The second kappa shape index (κ2) is 4.42. The third kappa shape index (κ3) is 2.21. The predicted octanol–water partition coefficient (Wildman–Crippen LogP) is 2.42. The molecule has 1 N–H and O–H groups in total. The van der Waals surface area contributed by atoms with Crippen molar-refractivity contribution in [2.24, 2.45) is 0 Å². The fourth-order valence-electron chi connectivity index (χ4n) is 2.58. The molecule has 1 aromatic heterocycles. The van der Waals surface area contributed by atoms with E-state index in [-0.39, 0.29) is 16.8 Å². The van der Waals surface area contributed by atoms with Crippen LogP contribution in [0.25, 0.3) is 11.0 Å². The molecule has 1 saturated heterocycles. The zero-order chi connectivity index (χ0) is 13.6. The zero-order valence-corrected chi connectivity index (χ0v) is 11.7. The lowest BCUT2D eigenvalue weighted by atomic mass is 10.2. The van der Waals surface area contributed by atoms with Gasteiger partial charge in [0.1, 0.15) is 5.82 Å². The van der Waals surface area contributed by atoms with Gasteiger partial charge in [-0.1, -0.05) is 0 Å². The summed E-state index contributed by atoms with van der Waals surface area (Å²) in [5.74, 6) is -0.0912. The summed E-state index contributed by atoms with van der Waals surface area (Å²) >= 11 is 5.20. The average molecular weight is 300 g/mol. The van der Waals surface area contributed by atoms with Crippen molar-refractivity contribution < 1.29 is 12.8 Å². The summed E-state index contributed by atoms with van der Waals surface area (Å²) in [7, 11) is -3.01. The number of nitrogens with zero attached hydrogens (tertiary/aromatic N) is 1. The number of H-pyrrole nitrogens is 1. The lowest BCUT2D eigenvalue weighted by Crippen LogP contribution is -2.22. The van der Waals surface area contributed by atoms with Gasteiger partial charge in [-0.25, -0.2) is 12.8 Å². The van der Waals surface area contributed by atoms with Gasteiger partial charge in [0.15, 0.2) is 14.6 Å². The molecule has 0 saturated carbocycles. The molecular weight excluding hydrogens is 287 g/mol. The fourth-order valence-corrected chi connectivity index (χ4v) is 4.67. The lowest BCUT2D eigenvalue weighted by molar-refractivity contribution is 0.568. The van der Waals surface area contributed by atoms with E-state index in [1.54, 1.807) is 10.6 Å². The first-order valence-electron chi connectivity index (χ1n) is 6.07. The van der Waals surface area contributed by atoms with Gasteiger partial charge in [0.05, 0.1) is 22.0 Å². The summed E-state index contributed by atoms with van der Waals surface area (Å²) in [5.41, 5.74) is 1.34. The Morgan fingerprint density at radius 3 is 2.95 bits per heavy atom. The van der Waals surface area contributed by atoms with Crippen LogP contribution in [0.2, 0.25) is 0 Å². The van der Waals surface area contributed by atoms with Crippen LogP contribution in [-0.2, 0) is 16.4 Å². The standard InChI is InChI=1S/C12H13FN2O2S2/c13-8-3-4-11-10(6-8)14-12(18)15(11)7-9-2-1-5-19(9,16)17/h3-4,6,9H,1-2,5,7H2,(H,14,18). The van der Waals surface area contributed by atoms with E-state index in [2.05, 4.69) is 4.98 Å². The summed E-state index contributed by atoms with van der Waals surface area (Å²) in [6.07, 6.45) is 1.37. The number of halogens is 1. The predicted molar refractivity (Wildman–Crippen MR) is 73.9 cm³/mol. The van der Waals surface area contributed by atoms with Crippen molar-refractivity contribution in [3.05, 3.63) is 28.8 Å². The van der Waals surface area contributed by atoms with Crippen molar-refractivity contribution in [2.75, 3.05) is 5.75 Å². The van der Waals surface area contributed by atoms with Gasteiger partial charge < -0.3 is 9.55 Å². The van der Waals surface area contributed by atoms with Gasteiger partial charge in [0, 0.05) is 6.54 Å². The van der Waals surface area contributed by atoms with Crippen LogP contribution in [0, 0.1) is 10.6 Å². The third-order valence-corrected chi connectivity index (χ3v) is 6.17. The van der Waals surface area contributed by atoms with Crippen LogP contribution < -0.4 is 0 Å². The van der Waals surface area contributed by atoms with E-state index < -0.39 is 9.84 Å². The second-order valence-corrected chi connectivity index (χ2v) is 7.62. The van der Waals surface area contributed by atoms with Crippen molar-refractivity contribution in [3.63, 3.8) is 0 Å². The molecule has 1 unspecified atom stereocenters. The summed E-state index contributed by atoms with van der Waals surface area (Å²) < 4.78 is 39.1. The molecule has 0 spiro atoms. The van der Waals surface area contributed by atoms with Crippen LogP contribution in [0.15, 0.2) is 18.2 Å². The zero-order valence-electron chi connectivity index (χ0n) is 10.1. The summed E-state index contributed by atoms with van der Waals surface area (Å²) in [6, 6.07) is 4.34. The number of sulfone groups is 1. The number of benzene rings is 1. The minimum Gasteiger partial charge on any atom is -0.330 e. The molecule has 0 aliphatic carbocycles. The Bertz CT molecular complexity index is 792. The minimum absolute atomic E-state index is 0.252. The van der Waals surface area contributed by atoms with E-state index in [4.69, 9.17) is 12.2 Å². The van der Waals surface area contributed by atoms with Crippen LogP contribution in [0.5, 0.6) is 0 Å². The van der Waals surface area contributed by atoms with Crippen molar-refractivity contribution >= 4 is 33.1 Å². The van der Waals surface area contributed by atoms with E-state index in [0.717, 1.165) is 5.52 Å². The maximum absolute atomic E-state index is 13.1. The number of nitrogens with one attached hydrogen (secondary N) is 1. The molecule has 4 nitrogen and oxygen atoms in total. The molecular formula is C12H13FN2O2S2. The van der Waals surface area contributed by atoms with Gasteiger partial charge >= 0.3 is 0 Å². The minimum atomic E-state index is -3.01. The van der Waals surface area contributed by atoms with Crippen LogP contribution in [0.4, 0.5) is 4.39 Å². The first-order valence-corrected chi connectivity index (χ1v) is 8.19. The average Bonchev–Trinajstić information content (AvgIpc) is 2.80. The highest BCUT2D eigenvalue weighted by Gasteiger charge is 2.31. The van der Waals surface area contributed by atoms with Gasteiger partial charge in [-0.05, 0) is 43.3 Å². The van der Waals surface area contributed by atoms with E-state index in [9.17, 15) is 12.8 Å². The first-order chi connectivity index (χ1) is 8.97. The molecule has 1 fully saturated rings. The Labute approximate surface area is 115 Å². The summed E-state index contributed by atoms with van der Waals surface area (Å²) in [6.45, 7) is 0.340. The molecule has 19 heavy (non-hydrogen) atoms. The van der Waals surface area contributed by atoms with Gasteiger partial charge in [-0.3, -0.25) is 0 Å². The maximum atomic E-state index is 13.1. The fraction of sp³-hybridized carbons (Fsp3) is 0.417. The number of aromatic amines is 1. The summed E-state index contributed by atoms with van der Waals surface area (Å²) in [5, 5.41) is -0.386. The van der Waals surface area contributed by atoms with Crippen LogP contribution in [0.3, 0.4) is 0 Å². The Morgan fingerprint density at radius 2 is 2.26 bits per heavy atom. The molecule has 7 heteroatoms. The molecule has 1 aliphatic heterocycles. The van der Waals surface area contributed by atoms with Crippen molar-refractivity contribution in [3.8, 4) is 0 Å².